The fraction of sp³-hybridized carbons (Fsp3) is 0.600. The summed E-state index contributed by atoms with van der Waals surface area (Å²) in [5, 5.41) is 4.61. The predicted molar refractivity (Wildman–Crippen MR) is 113 cm³/mol. The molecule has 2 amide bonds. The zero-order valence-electron chi connectivity index (χ0n) is 17.9. The lowest BCUT2D eigenvalue weighted by Gasteiger charge is -2.30. The highest BCUT2D eigenvalue weighted by Gasteiger charge is 2.31. The van der Waals surface area contributed by atoms with Crippen LogP contribution < -0.4 is 10.6 Å². The van der Waals surface area contributed by atoms with Crippen LogP contribution in [-0.2, 0) is 24.3 Å². The molecule has 1 aromatic carbocycles. The summed E-state index contributed by atoms with van der Waals surface area (Å²) in [6, 6.07) is 5.90. The molecule has 13 heteroatoms. The first kappa shape index (κ1) is 25.4. The quantitative estimate of drug-likeness (QED) is 0.589. The predicted octanol–water partition coefficient (Wildman–Crippen LogP) is 1.04. The molecule has 2 N–H and O–H groups in total. The number of ether oxygens (including phenoxy) is 1. The van der Waals surface area contributed by atoms with Gasteiger partial charge in [0.1, 0.15) is 6.54 Å². The van der Waals surface area contributed by atoms with Crippen molar-refractivity contribution in [3.05, 3.63) is 24.3 Å². The molecule has 0 saturated carbocycles. The molecule has 0 bridgehead atoms. The summed E-state index contributed by atoms with van der Waals surface area (Å²) < 4.78 is 68.5. The topological polar surface area (TPSA) is 108 Å². The lowest BCUT2D eigenvalue weighted by molar-refractivity contribution is -0.141. The van der Waals surface area contributed by atoms with Crippen LogP contribution in [0.1, 0.15) is 12.8 Å². The molecule has 3 rings (SSSR count). The zero-order chi connectivity index (χ0) is 24.1. The second-order valence-corrected chi connectivity index (χ2v) is 9.91. The molecule has 0 atom stereocenters. The normalized spacial score (nSPS) is 19.2. The molecule has 0 spiro atoms. The van der Waals surface area contributed by atoms with E-state index in [0.717, 1.165) is 0 Å². The first-order valence-electron chi connectivity index (χ1n) is 10.6. The van der Waals surface area contributed by atoms with Crippen molar-refractivity contribution in [2.24, 2.45) is 5.92 Å². The minimum atomic E-state index is -4.45. The number of likely N-dealkylation sites (tertiary alicyclic amines) is 1. The van der Waals surface area contributed by atoms with Gasteiger partial charge < -0.3 is 15.4 Å². The standard InChI is InChI=1S/C20H27F3N4O5S/c21-20(22,23)14-24-19(29)15-5-7-26(8-6-15)13-18(28)25-16-1-3-17(4-2-16)33(30,31)27-9-11-32-12-10-27/h1-4,15H,5-14H2,(H,24,29)(H,25,28). The number of alkyl halides is 3. The Morgan fingerprint density at radius 1 is 1.03 bits per heavy atom. The number of carbonyl (C=O) groups excluding carboxylic acids is 2. The number of benzene rings is 1. The van der Waals surface area contributed by atoms with Gasteiger partial charge in [0, 0.05) is 24.7 Å². The van der Waals surface area contributed by atoms with E-state index < -0.39 is 34.6 Å². The van der Waals surface area contributed by atoms with E-state index in [1.165, 1.54) is 28.6 Å². The molecule has 2 heterocycles. The van der Waals surface area contributed by atoms with Gasteiger partial charge in [0.15, 0.2) is 0 Å². The Bertz CT molecular complexity index is 926. The van der Waals surface area contributed by atoms with Crippen LogP contribution in [0.5, 0.6) is 0 Å². The second-order valence-electron chi connectivity index (χ2n) is 7.97. The summed E-state index contributed by atoms with van der Waals surface area (Å²) in [7, 11) is -3.62. The summed E-state index contributed by atoms with van der Waals surface area (Å²) in [6.07, 6.45) is -3.71. The number of carbonyl (C=O) groups is 2. The van der Waals surface area contributed by atoms with Crippen molar-refractivity contribution in [3.8, 4) is 0 Å². The number of piperidine rings is 1. The highest BCUT2D eigenvalue weighted by molar-refractivity contribution is 7.89. The van der Waals surface area contributed by atoms with Gasteiger partial charge in [-0.1, -0.05) is 0 Å². The molecule has 2 aliphatic heterocycles. The van der Waals surface area contributed by atoms with E-state index in [9.17, 15) is 31.2 Å². The van der Waals surface area contributed by atoms with E-state index in [0.29, 0.717) is 57.9 Å². The van der Waals surface area contributed by atoms with Gasteiger partial charge in [-0.15, -0.1) is 0 Å². The van der Waals surface area contributed by atoms with Crippen LogP contribution in [0.2, 0.25) is 0 Å². The van der Waals surface area contributed by atoms with E-state index >= 15 is 0 Å². The minimum Gasteiger partial charge on any atom is -0.379 e. The fourth-order valence-corrected chi connectivity index (χ4v) is 5.14. The first-order valence-corrected chi connectivity index (χ1v) is 12.0. The molecule has 2 fully saturated rings. The number of nitrogens with zero attached hydrogens (tertiary/aromatic N) is 2. The summed E-state index contributed by atoms with van der Waals surface area (Å²) in [5.41, 5.74) is 0.447. The van der Waals surface area contributed by atoms with E-state index in [1.807, 2.05) is 10.2 Å². The lowest BCUT2D eigenvalue weighted by Crippen LogP contribution is -2.44. The maximum atomic E-state index is 12.6. The molecular weight excluding hydrogens is 465 g/mol. The fourth-order valence-electron chi connectivity index (χ4n) is 3.73. The Balaban J connectivity index is 1.44. The van der Waals surface area contributed by atoms with Crippen LogP contribution in [0, 0.1) is 5.92 Å². The molecule has 9 nitrogen and oxygen atoms in total. The van der Waals surface area contributed by atoms with Gasteiger partial charge in [-0.05, 0) is 50.2 Å². The van der Waals surface area contributed by atoms with Gasteiger partial charge >= 0.3 is 6.18 Å². The van der Waals surface area contributed by atoms with E-state index in [4.69, 9.17) is 4.74 Å². The van der Waals surface area contributed by atoms with Gasteiger partial charge in [-0.2, -0.15) is 17.5 Å². The van der Waals surface area contributed by atoms with Crippen molar-refractivity contribution in [2.45, 2.75) is 23.9 Å². The van der Waals surface area contributed by atoms with Crippen LogP contribution >= 0.6 is 0 Å². The first-order chi connectivity index (χ1) is 15.5. The van der Waals surface area contributed by atoms with E-state index in [2.05, 4.69) is 5.32 Å². The summed E-state index contributed by atoms with van der Waals surface area (Å²) >= 11 is 0. The van der Waals surface area contributed by atoms with Gasteiger partial charge in [0.25, 0.3) is 0 Å². The molecule has 184 valence electrons. The van der Waals surface area contributed by atoms with Crippen LogP contribution in [0.3, 0.4) is 0 Å². The largest absolute Gasteiger partial charge is 0.405 e. The van der Waals surface area contributed by atoms with Crippen molar-refractivity contribution in [1.29, 1.82) is 0 Å². The third kappa shape index (κ3) is 7.39. The van der Waals surface area contributed by atoms with Gasteiger partial charge in [-0.25, -0.2) is 8.42 Å². The average molecular weight is 493 g/mol. The average Bonchev–Trinajstić information content (AvgIpc) is 2.78. The monoisotopic (exact) mass is 492 g/mol. The van der Waals surface area contributed by atoms with Crippen LogP contribution in [0.25, 0.3) is 0 Å². The number of halogens is 3. The Hall–Kier alpha value is -2.22. The van der Waals surface area contributed by atoms with Crippen molar-refractivity contribution in [2.75, 3.05) is 57.8 Å². The smallest absolute Gasteiger partial charge is 0.379 e. The van der Waals surface area contributed by atoms with Crippen molar-refractivity contribution < 1.29 is 35.9 Å². The third-order valence-electron chi connectivity index (χ3n) is 5.53. The van der Waals surface area contributed by atoms with Gasteiger partial charge in [0.05, 0.1) is 24.7 Å². The molecule has 0 aliphatic carbocycles. The number of sulfonamides is 1. The SMILES string of the molecule is O=C(CN1CCC(C(=O)NCC(F)(F)F)CC1)Nc1ccc(S(=O)(=O)N2CCOCC2)cc1. The molecule has 0 radical (unpaired) electrons. The summed E-state index contributed by atoms with van der Waals surface area (Å²) in [6.45, 7) is 0.822. The Morgan fingerprint density at radius 3 is 2.21 bits per heavy atom. The minimum absolute atomic E-state index is 0.0602. The summed E-state index contributed by atoms with van der Waals surface area (Å²) in [4.78, 5) is 26.1. The van der Waals surface area contributed by atoms with Crippen molar-refractivity contribution in [1.82, 2.24) is 14.5 Å². The summed E-state index contributed by atoms with van der Waals surface area (Å²) in [5.74, 6) is -1.44. The molecule has 33 heavy (non-hydrogen) atoms. The number of morpholine rings is 1. The van der Waals surface area contributed by atoms with Crippen LogP contribution in [-0.4, -0.2) is 88.1 Å². The zero-order valence-corrected chi connectivity index (χ0v) is 18.8. The Labute approximate surface area is 190 Å². The molecule has 1 aromatic rings. The Morgan fingerprint density at radius 2 is 1.64 bits per heavy atom. The second kappa shape index (κ2) is 10.8. The number of anilines is 1. The van der Waals surface area contributed by atoms with E-state index in [-0.39, 0.29) is 17.3 Å². The number of nitrogens with one attached hydrogen (secondary N) is 2. The number of hydrogen-bond acceptors (Lipinski definition) is 6. The Kier molecular flexibility index (Phi) is 8.32. The van der Waals surface area contributed by atoms with Crippen LogP contribution in [0.15, 0.2) is 29.2 Å². The number of amides is 2. The number of rotatable bonds is 7. The highest BCUT2D eigenvalue weighted by atomic mass is 32.2. The molecule has 2 aliphatic rings. The van der Waals surface area contributed by atoms with Gasteiger partial charge in [0.2, 0.25) is 21.8 Å². The van der Waals surface area contributed by atoms with Crippen molar-refractivity contribution in [3.63, 3.8) is 0 Å². The maximum Gasteiger partial charge on any atom is 0.405 e. The highest BCUT2D eigenvalue weighted by Crippen LogP contribution is 2.21. The lowest BCUT2D eigenvalue weighted by atomic mass is 9.96. The van der Waals surface area contributed by atoms with E-state index in [1.54, 1.807) is 0 Å². The molecular formula is C20H27F3N4O5S. The van der Waals surface area contributed by atoms with Gasteiger partial charge in [-0.3, -0.25) is 14.5 Å². The number of hydrogen-bond donors (Lipinski definition) is 2. The molecule has 0 unspecified atom stereocenters. The maximum absolute atomic E-state index is 12.6. The van der Waals surface area contributed by atoms with Crippen LogP contribution in [0.4, 0.5) is 18.9 Å². The molecule has 2 saturated heterocycles. The molecule has 0 aromatic heterocycles. The van der Waals surface area contributed by atoms with Crippen molar-refractivity contribution >= 4 is 27.5 Å². The third-order valence-corrected chi connectivity index (χ3v) is 7.45.